The molecule has 1 unspecified atom stereocenters. The Morgan fingerprint density at radius 2 is 1.82 bits per heavy atom. The first kappa shape index (κ1) is 21.6. The highest BCUT2D eigenvalue weighted by Crippen LogP contribution is 2.22. The number of benzene rings is 1. The van der Waals surface area contributed by atoms with Crippen molar-refractivity contribution in [2.24, 2.45) is 5.14 Å². The van der Waals surface area contributed by atoms with E-state index >= 15 is 0 Å². The summed E-state index contributed by atoms with van der Waals surface area (Å²) in [5.74, 6) is -0.910. The lowest BCUT2D eigenvalue weighted by Crippen LogP contribution is -2.28. The maximum atomic E-state index is 12.7. The van der Waals surface area contributed by atoms with Crippen LogP contribution < -0.4 is 10.5 Å². The van der Waals surface area contributed by atoms with E-state index in [0.717, 1.165) is 0 Å². The Morgan fingerprint density at radius 1 is 1.18 bits per heavy atom. The summed E-state index contributed by atoms with van der Waals surface area (Å²) in [6.07, 6.45) is -0.274. The second-order valence-corrected chi connectivity index (χ2v) is 8.45. The molecule has 152 valence electrons. The number of carbonyl (C=O) groups excluding carboxylic acids is 2. The van der Waals surface area contributed by atoms with Crippen LogP contribution >= 0.6 is 0 Å². The van der Waals surface area contributed by atoms with Crippen LogP contribution in [0.4, 0.5) is 0 Å². The molecule has 0 aliphatic heterocycles. The Balaban J connectivity index is 2.25. The van der Waals surface area contributed by atoms with Gasteiger partial charge < -0.3 is 15.0 Å². The van der Waals surface area contributed by atoms with Crippen LogP contribution in [0.15, 0.2) is 29.2 Å². The van der Waals surface area contributed by atoms with E-state index in [1.807, 2.05) is 0 Å². The number of carbonyl (C=O) groups is 2. The first-order chi connectivity index (χ1) is 12.9. The van der Waals surface area contributed by atoms with Crippen molar-refractivity contribution < 1.29 is 22.7 Å². The Labute approximate surface area is 164 Å². The van der Waals surface area contributed by atoms with E-state index in [0.29, 0.717) is 22.4 Å². The molecular weight excluding hydrogens is 382 g/mol. The molecule has 28 heavy (non-hydrogen) atoms. The fourth-order valence-corrected chi connectivity index (χ4v) is 3.44. The maximum Gasteiger partial charge on any atom is 0.340 e. The van der Waals surface area contributed by atoms with Gasteiger partial charge in [-0.15, -0.1) is 0 Å². The highest BCUT2D eigenvalue weighted by molar-refractivity contribution is 7.89. The number of sulfonamides is 1. The number of esters is 1. The van der Waals surface area contributed by atoms with Crippen molar-refractivity contribution in [3.8, 4) is 0 Å². The number of hydrogen-bond donors (Lipinski definition) is 3. The van der Waals surface area contributed by atoms with Crippen LogP contribution in [0.1, 0.15) is 64.5 Å². The molecule has 2 rings (SSSR count). The number of ether oxygens (including phenoxy) is 1. The third-order valence-corrected chi connectivity index (χ3v) is 5.16. The number of H-pyrrole nitrogens is 1. The number of aromatic nitrogens is 1. The number of nitrogens with two attached hydrogens (primary N) is 1. The molecule has 0 saturated carbocycles. The summed E-state index contributed by atoms with van der Waals surface area (Å²) in [6, 6.07) is 5.57. The topological polar surface area (TPSA) is 131 Å². The smallest absolute Gasteiger partial charge is 0.340 e. The van der Waals surface area contributed by atoms with Gasteiger partial charge in [0.25, 0.3) is 5.91 Å². The summed E-state index contributed by atoms with van der Waals surface area (Å²) >= 11 is 0. The van der Waals surface area contributed by atoms with Crippen molar-refractivity contribution >= 4 is 21.9 Å². The highest BCUT2D eigenvalue weighted by atomic mass is 32.2. The van der Waals surface area contributed by atoms with Gasteiger partial charge in [0.1, 0.15) is 5.69 Å². The summed E-state index contributed by atoms with van der Waals surface area (Å²) in [5.41, 5.74) is 2.20. The zero-order valence-corrected chi connectivity index (χ0v) is 17.3. The minimum Gasteiger partial charge on any atom is -0.459 e. The zero-order chi connectivity index (χ0) is 21.2. The molecule has 0 fully saturated rings. The quantitative estimate of drug-likeness (QED) is 0.633. The second kappa shape index (κ2) is 8.15. The number of hydrogen-bond acceptors (Lipinski definition) is 5. The third-order valence-electron chi connectivity index (χ3n) is 4.25. The highest BCUT2D eigenvalue weighted by Gasteiger charge is 2.24. The Bertz CT molecular complexity index is 1010. The molecule has 2 aromatic rings. The molecule has 9 heteroatoms. The van der Waals surface area contributed by atoms with Crippen LogP contribution in [0.25, 0.3) is 0 Å². The second-order valence-electron chi connectivity index (χ2n) is 6.89. The first-order valence-corrected chi connectivity index (χ1v) is 10.3. The van der Waals surface area contributed by atoms with Gasteiger partial charge in [0.05, 0.1) is 22.6 Å². The van der Waals surface area contributed by atoms with Crippen molar-refractivity contribution in [3.05, 3.63) is 52.3 Å². The third kappa shape index (κ3) is 4.79. The molecule has 1 aromatic heterocycles. The van der Waals surface area contributed by atoms with Crippen LogP contribution in [0.2, 0.25) is 0 Å². The summed E-state index contributed by atoms with van der Waals surface area (Å²) in [5, 5.41) is 7.95. The summed E-state index contributed by atoms with van der Waals surface area (Å²) < 4.78 is 28.3. The number of rotatable bonds is 6. The fraction of sp³-hybridized carbons (Fsp3) is 0.368. The lowest BCUT2D eigenvalue weighted by molar-refractivity contribution is 0.0376. The van der Waals surface area contributed by atoms with Crippen molar-refractivity contribution in [2.45, 2.75) is 51.7 Å². The van der Waals surface area contributed by atoms with Gasteiger partial charge in [-0.1, -0.05) is 12.1 Å². The number of amides is 1. The molecule has 4 N–H and O–H groups in total. The van der Waals surface area contributed by atoms with Crippen LogP contribution in [-0.4, -0.2) is 31.4 Å². The lowest BCUT2D eigenvalue weighted by atomic mass is 10.1. The van der Waals surface area contributed by atoms with Crippen LogP contribution in [-0.2, 0) is 14.8 Å². The maximum absolute atomic E-state index is 12.7. The molecule has 0 saturated heterocycles. The Morgan fingerprint density at radius 3 is 2.39 bits per heavy atom. The van der Waals surface area contributed by atoms with Crippen LogP contribution in [0.3, 0.4) is 0 Å². The monoisotopic (exact) mass is 407 g/mol. The fourth-order valence-electron chi connectivity index (χ4n) is 2.87. The summed E-state index contributed by atoms with van der Waals surface area (Å²) in [4.78, 5) is 27.9. The molecule has 1 aromatic carbocycles. The van der Waals surface area contributed by atoms with Crippen LogP contribution in [0.5, 0.6) is 0 Å². The van der Waals surface area contributed by atoms with Crippen molar-refractivity contribution in [2.75, 3.05) is 0 Å². The van der Waals surface area contributed by atoms with E-state index in [1.165, 1.54) is 12.1 Å². The predicted octanol–water partition coefficient (Wildman–Crippen LogP) is 2.34. The van der Waals surface area contributed by atoms with Crippen molar-refractivity contribution in [1.29, 1.82) is 0 Å². The molecule has 1 heterocycles. The number of aryl methyl sites for hydroxylation is 1. The van der Waals surface area contributed by atoms with Gasteiger partial charge in [-0.25, -0.2) is 18.4 Å². The lowest BCUT2D eigenvalue weighted by Gasteiger charge is -2.15. The molecule has 1 atom stereocenters. The van der Waals surface area contributed by atoms with E-state index in [2.05, 4.69) is 10.3 Å². The minimum absolute atomic E-state index is 0.0308. The normalized spacial score (nSPS) is 12.7. The number of nitrogens with one attached hydrogen (secondary N) is 2. The van der Waals surface area contributed by atoms with E-state index in [9.17, 15) is 18.0 Å². The van der Waals surface area contributed by atoms with Gasteiger partial charge in [-0.05, 0) is 57.9 Å². The van der Waals surface area contributed by atoms with E-state index < -0.39 is 27.9 Å². The molecule has 0 radical (unpaired) electrons. The van der Waals surface area contributed by atoms with Crippen LogP contribution in [0, 0.1) is 13.8 Å². The molecule has 0 bridgehead atoms. The van der Waals surface area contributed by atoms with Gasteiger partial charge in [0, 0.05) is 5.69 Å². The standard InChI is InChI=1S/C19H25N3O5S/c1-10(2)27-19(24)16-11(3)17(21-13(16)5)18(23)22-12(4)14-7-6-8-15(9-14)28(20,25)26/h6-10,12,21H,1-5H3,(H,22,23)(H2,20,25,26). The molecular formula is C19H25N3O5S. The van der Waals surface area contributed by atoms with Gasteiger partial charge in [0.15, 0.2) is 0 Å². The molecule has 0 aliphatic carbocycles. The summed E-state index contributed by atoms with van der Waals surface area (Å²) in [7, 11) is -3.84. The predicted molar refractivity (Wildman–Crippen MR) is 105 cm³/mol. The van der Waals surface area contributed by atoms with Gasteiger partial charge >= 0.3 is 5.97 Å². The minimum atomic E-state index is -3.84. The number of aromatic amines is 1. The largest absolute Gasteiger partial charge is 0.459 e. The SMILES string of the molecule is Cc1[nH]c(C(=O)NC(C)c2cccc(S(N)(=O)=O)c2)c(C)c1C(=O)OC(C)C. The van der Waals surface area contributed by atoms with E-state index in [-0.39, 0.29) is 16.7 Å². The van der Waals surface area contributed by atoms with Crippen molar-refractivity contribution in [3.63, 3.8) is 0 Å². The molecule has 1 amide bonds. The summed E-state index contributed by atoms with van der Waals surface area (Å²) in [6.45, 7) is 8.58. The van der Waals surface area contributed by atoms with Crippen molar-refractivity contribution in [1.82, 2.24) is 10.3 Å². The molecule has 0 spiro atoms. The zero-order valence-electron chi connectivity index (χ0n) is 16.5. The molecule has 8 nitrogen and oxygen atoms in total. The molecule has 0 aliphatic rings. The Hall–Kier alpha value is -2.65. The average molecular weight is 407 g/mol. The Kier molecular flexibility index (Phi) is 6.30. The van der Waals surface area contributed by atoms with Gasteiger partial charge in [-0.2, -0.15) is 0 Å². The first-order valence-electron chi connectivity index (χ1n) is 8.75. The number of primary sulfonamides is 1. The average Bonchev–Trinajstić information content (AvgIpc) is 2.88. The van der Waals surface area contributed by atoms with Gasteiger partial charge in [0.2, 0.25) is 10.0 Å². The van der Waals surface area contributed by atoms with Gasteiger partial charge in [-0.3, -0.25) is 4.79 Å². The van der Waals surface area contributed by atoms with E-state index in [1.54, 1.807) is 46.8 Å². The van der Waals surface area contributed by atoms with E-state index in [4.69, 9.17) is 9.88 Å².